The summed E-state index contributed by atoms with van der Waals surface area (Å²) in [5, 5.41) is 28.4. The fourth-order valence-corrected chi connectivity index (χ4v) is 4.31. The first-order valence-corrected chi connectivity index (χ1v) is 12.8. The van der Waals surface area contributed by atoms with Gasteiger partial charge in [-0.25, -0.2) is 14.4 Å². The number of rotatable bonds is 12. The Bertz CT molecular complexity index is 1290. The molecule has 1 amide bonds. The number of aliphatic hydroxyl groups is 2. The van der Waals surface area contributed by atoms with E-state index in [-0.39, 0.29) is 47.1 Å². The largest absolute Gasteiger partial charge is 0.491 e. The molecule has 3 aromatic rings. The number of pyridine rings is 1. The molecule has 2 aromatic heterocycles. The van der Waals surface area contributed by atoms with Crippen molar-refractivity contribution >= 4 is 29.0 Å². The highest BCUT2D eigenvalue weighted by Gasteiger charge is 2.32. The number of aliphatic hydroxyl groups excluding tert-OH is 2. The minimum atomic E-state index is -0.645. The lowest BCUT2D eigenvalue weighted by atomic mass is 10.1. The maximum Gasteiger partial charge on any atom is 0.255 e. The Balaban J connectivity index is 1.35. The zero-order valence-electron chi connectivity index (χ0n) is 21.2. The van der Waals surface area contributed by atoms with E-state index in [1.165, 1.54) is 43.9 Å². The van der Waals surface area contributed by atoms with Crippen molar-refractivity contribution in [2.45, 2.75) is 31.2 Å². The van der Waals surface area contributed by atoms with Crippen molar-refractivity contribution in [2.24, 2.45) is 0 Å². The molecule has 1 aliphatic rings. The highest BCUT2D eigenvalue weighted by Crippen LogP contribution is 2.30. The zero-order valence-corrected chi connectivity index (χ0v) is 22.0. The van der Waals surface area contributed by atoms with Crippen LogP contribution in [0.1, 0.15) is 23.2 Å². The fraction of sp³-hybridized carbons (Fsp3) is 0.385. The van der Waals surface area contributed by atoms with Crippen LogP contribution < -0.4 is 20.7 Å². The lowest BCUT2D eigenvalue weighted by Crippen LogP contribution is -2.33. The molecule has 1 aliphatic heterocycles. The second kappa shape index (κ2) is 13.6. The van der Waals surface area contributed by atoms with Crippen LogP contribution in [0.3, 0.4) is 0 Å². The predicted octanol–water partition coefficient (Wildman–Crippen LogP) is 2.30. The molecule has 3 atom stereocenters. The minimum absolute atomic E-state index is 0.0915. The van der Waals surface area contributed by atoms with Gasteiger partial charge in [0.25, 0.3) is 5.91 Å². The van der Waals surface area contributed by atoms with Crippen LogP contribution in [0.5, 0.6) is 5.75 Å². The number of hydrogen-bond acceptors (Lipinski definition) is 10. The van der Waals surface area contributed by atoms with Gasteiger partial charge in [0.05, 0.1) is 48.9 Å². The van der Waals surface area contributed by atoms with E-state index in [0.29, 0.717) is 43.2 Å². The topological polar surface area (TPSA) is 151 Å². The van der Waals surface area contributed by atoms with Gasteiger partial charge in [-0.05, 0) is 37.2 Å². The van der Waals surface area contributed by atoms with Crippen LogP contribution in [-0.4, -0.2) is 82.7 Å². The van der Waals surface area contributed by atoms with E-state index in [1.54, 1.807) is 6.07 Å². The number of anilines is 2. The molecule has 0 spiro atoms. The lowest BCUT2D eigenvalue weighted by molar-refractivity contribution is -0.0234. The molecule has 0 bridgehead atoms. The van der Waals surface area contributed by atoms with Crippen molar-refractivity contribution in [1.29, 1.82) is 0 Å². The summed E-state index contributed by atoms with van der Waals surface area (Å²) in [5.41, 5.74) is 0.815. The molecule has 3 heterocycles. The zero-order chi connectivity index (χ0) is 27.8. The molecule has 0 aliphatic carbocycles. The van der Waals surface area contributed by atoms with E-state index >= 15 is 0 Å². The van der Waals surface area contributed by atoms with E-state index in [2.05, 4.69) is 30.9 Å². The molecule has 1 fully saturated rings. The number of halogens is 2. The third-order valence-electron chi connectivity index (χ3n) is 6.17. The Hall–Kier alpha value is -3.42. The van der Waals surface area contributed by atoms with E-state index in [0.717, 1.165) is 0 Å². The quantitative estimate of drug-likeness (QED) is 0.209. The summed E-state index contributed by atoms with van der Waals surface area (Å²) in [4.78, 5) is 25.6. The lowest BCUT2D eigenvalue weighted by Gasteiger charge is -2.15. The summed E-state index contributed by atoms with van der Waals surface area (Å²) in [5.74, 6) is -0.275. The van der Waals surface area contributed by atoms with Crippen LogP contribution in [-0.2, 0) is 4.74 Å². The molecule has 13 heteroatoms. The van der Waals surface area contributed by atoms with Gasteiger partial charge in [-0.1, -0.05) is 11.6 Å². The number of aromatic nitrogens is 3. The SMILES string of the molecule is COc1cnc(-c2cc(Cl)ccc2F)nc1Nc1ccncc1C(=O)NCCNCC[C@H]1C[C@H](O)[C@@H](CO)O1. The van der Waals surface area contributed by atoms with Gasteiger partial charge >= 0.3 is 0 Å². The van der Waals surface area contributed by atoms with Crippen molar-refractivity contribution in [3.63, 3.8) is 0 Å². The average molecular weight is 561 g/mol. The molecule has 0 unspecified atom stereocenters. The first-order valence-electron chi connectivity index (χ1n) is 12.4. The summed E-state index contributed by atoms with van der Waals surface area (Å²) in [6, 6.07) is 5.71. The van der Waals surface area contributed by atoms with E-state index in [1.807, 2.05) is 0 Å². The Kier molecular flexibility index (Phi) is 9.96. The smallest absolute Gasteiger partial charge is 0.255 e. The van der Waals surface area contributed by atoms with Gasteiger partial charge in [-0.3, -0.25) is 9.78 Å². The molecule has 1 saturated heterocycles. The summed E-state index contributed by atoms with van der Waals surface area (Å²) < 4.78 is 25.3. The molecular formula is C26H30ClFN6O5. The van der Waals surface area contributed by atoms with E-state index < -0.39 is 18.0 Å². The van der Waals surface area contributed by atoms with E-state index in [9.17, 15) is 14.3 Å². The normalized spacial score (nSPS) is 18.6. The Labute approximate surface area is 229 Å². The third-order valence-corrected chi connectivity index (χ3v) is 6.41. The number of methoxy groups -OCH3 is 1. The van der Waals surface area contributed by atoms with Crippen molar-refractivity contribution in [2.75, 3.05) is 38.7 Å². The van der Waals surface area contributed by atoms with Crippen molar-refractivity contribution in [3.05, 3.63) is 59.3 Å². The molecule has 208 valence electrons. The Morgan fingerprint density at radius 3 is 2.87 bits per heavy atom. The predicted molar refractivity (Wildman–Crippen MR) is 143 cm³/mol. The Morgan fingerprint density at radius 1 is 1.26 bits per heavy atom. The second-order valence-electron chi connectivity index (χ2n) is 8.86. The number of ether oxygens (including phenoxy) is 2. The van der Waals surface area contributed by atoms with Gasteiger partial charge in [-0.2, -0.15) is 0 Å². The van der Waals surface area contributed by atoms with Crippen LogP contribution in [0.25, 0.3) is 11.4 Å². The number of benzene rings is 1. The number of nitrogens with one attached hydrogen (secondary N) is 3. The second-order valence-corrected chi connectivity index (χ2v) is 9.29. The number of nitrogens with zero attached hydrogens (tertiary/aromatic N) is 3. The molecule has 11 nitrogen and oxygen atoms in total. The average Bonchev–Trinajstić information content (AvgIpc) is 3.31. The van der Waals surface area contributed by atoms with Gasteiger partial charge < -0.3 is 35.6 Å². The van der Waals surface area contributed by atoms with Crippen molar-refractivity contribution < 1.29 is 28.9 Å². The molecule has 0 radical (unpaired) electrons. The number of carbonyl (C=O) groups is 1. The molecule has 39 heavy (non-hydrogen) atoms. The van der Waals surface area contributed by atoms with Gasteiger partial charge in [0, 0.05) is 36.9 Å². The molecule has 1 aromatic carbocycles. The molecule has 5 N–H and O–H groups in total. The number of amides is 1. The van der Waals surface area contributed by atoms with Crippen LogP contribution in [0, 0.1) is 5.82 Å². The number of hydrogen-bond donors (Lipinski definition) is 5. The third kappa shape index (κ3) is 7.37. The summed E-state index contributed by atoms with van der Waals surface area (Å²) in [6.45, 7) is 1.31. The van der Waals surface area contributed by atoms with Crippen molar-refractivity contribution in [3.8, 4) is 17.1 Å². The standard InChI is InChI=1S/C26H30ClFN6O5/c1-38-22-13-32-24(17-10-15(27)2-3-19(17)28)34-25(22)33-20-5-7-30-12-18(20)26(37)31-9-8-29-6-4-16-11-21(36)23(14-35)39-16/h2-3,5,7,10,12-13,16,21,23,29,35-36H,4,6,8-9,11,14H2,1H3,(H,31,37)(H,30,32,33,34)/t16-,21-,23+/m0/s1. The first-order chi connectivity index (χ1) is 18.9. The van der Waals surface area contributed by atoms with Gasteiger partial charge in [0.2, 0.25) is 0 Å². The minimum Gasteiger partial charge on any atom is -0.491 e. The fourth-order valence-electron chi connectivity index (χ4n) is 4.13. The summed E-state index contributed by atoms with van der Waals surface area (Å²) >= 11 is 6.02. The van der Waals surface area contributed by atoms with Gasteiger partial charge in [0.1, 0.15) is 11.9 Å². The van der Waals surface area contributed by atoms with Crippen LogP contribution in [0.2, 0.25) is 5.02 Å². The maximum atomic E-state index is 14.4. The first kappa shape index (κ1) is 28.6. The summed E-state index contributed by atoms with van der Waals surface area (Å²) in [7, 11) is 1.45. The maximum absolute atomic E-state index is 14.4. The molecule has 0 saturated carbocycles. The molecule has 4 rings (SSSR count). The highest BCUT2D eigenvalue weighted by atomic mass is 35.5. The monoisotopic (exact) mass is 560 g/mol. The van der Waals surface area contributed by atoms with E-state index in [4.69, 9.17) is 26.2 Å². The Morgan fingerprint density at radius 2 is 2.10 bits per heavy atom. The van der Waals surface area contributed by atoms with Crippen LogP contribution in [0.4, 0.5) is 15.9 Å². The molecular weight excluding hydrogens is 531 g/mol. The van der Waals surface area contributed by atoms with Crippen LogP contribution >= 0.6 is 11.6 Å². The van der Waals surface area contributed by atoms with Gasteiger partial charge in [0.15, 0.2) is 17.4 Å². The number of carbonyl (C=O) groups excluding carboxylic acids is 1. The van der Waals surface area contributed by atoms with Gasteiger partial charge in [-0.15, -0.1) is 0 Å². The highest BCUT2D eigenvalue weighted by molar-refractivity contribution is 6.30. The van der Waals surface area contributed by atoms with Crippen LogP contribution in [0.15, 0.2) is 42.9 Å². The summed E-state index contributed by atoms with van der Waals surface area (Å²) in [6.07, 6.45) is 4.24. The van der Waals surface area contributed by atoms with Crippen molar-refractivity contribution in [1.82, 2.24) is 25.6 Å².